The maximum Gasteiger partial charge on any atom is 0.170 e. The van der Waals surface area contributed by atoms with Crippen LogP contribution < -0.4 is 9.47 Å². The van der Waals surface area contributed by atoms with Gasteiger partial charge in [0.2, 0.25) is 0 Å². The van der Waals surface area contributed by atoms with Gasteiger partial charge in [-0.3, -0.25) is 0 Å². The van der Waals surface area contributed by atoms with Crippen molar-refractivity contribution in [2.75, 3.05) is 14.2 Å². The number of aromatic nitrogens is 4. The van der Waals surface area contributed by atoms with Gasteiger partial charge in [-0.05, 0) is 30.3 Å². The van der Waals surface area contributed by atoms with E-state index >= 15 is 0 Å². The molecule has 1 aromatic carbocycles. The molecule has 109 valence electrons. The maximum absolute atomic E-state index is 5.42. The summed E-state index contributed by atoms with van der Waals surface area (Å²) in [5.74, 6) is 1.28. The largest absolute Gasteiger partial charge is 0.493 e. The highest BCUT2D eigenvalue weighted by Crippen LogP contribution is 2.36. The number of hydrogen-bond acceptors (Lipinski definition) is 6. The van der Waals surface area contributed by atoms with Crippen molar-refractivity contribution in [2.24, 2.45) is 0 Å². The first kappa shape index (κ1) is 13.9. The molecule has 6 heteroatoms. The smallest absolute Gasteiger partial charge is 0.170 e. The molecule has 6 nitrogen and oxygen atoms in total. The van der Waals surface area contributed by atoms with Gasteiger partial charge in [0.1, 0.15) is 6.20 Å². The van der Waals surface area contributed by atoms with Crippen molar-refractivity contribution < 1.29 is 9.47 Å². The van der Waals surface area contributed by atoms with Crippen molar-refractivity contribution in [3.63, 3.8) is 0 Å². The van der Waals surface area contributed by atoms with Crippen molar-refractivity contribution in [3.8, 4) is 34.0 Å². The molecule has 0 aliphatic rings. The Morgan fingerprint density at radius 2 is 1.73 bits per heavy atom. The molecule has 0 saturated heterocycles. The average molecular weight is 293 g/mol. The van der Waals surface area contributed by atoms with Crippen LogP contribution in [0.25, 0.3) is 22.5 Å². The fourth-order valence-electron chi connectivity index (χ4n) is 2.11. The Morgan fingerprint density at radius 1 is 0.909 bits per heavy atom. The van der Waals surface area contributed by atoms with Crippen molar-refractivity contribution in [1.82, 2.24) is 20.4 Å². The number of methoxy groups -OCH3 is 2. The molecule has 0 aliphatic heterocycles. The lowest BCUT2D eigenvalue weighted by Gasteiger charge is -2.11. The standard InChI is InChI=1S/C16H13N4O2/c1-21-15-5-3-4-12(16(15)22-2)14-7-6-13(19-20-14)11-8-9-17-18-10-11/h3-9H,1-2H3. The molecular weight excluding hydrogens is 280 g/mol. The number of para-hydroxylation sites is 1. The minimum atomic E-state index is 0.629. The Hall–Kier alpha value is -3.02. The van der Waals surface area contributed by atoms with Gasteiger partial charge in [-0.25, -0.2) is 0 Å². The van der Waals surface area contributed by atoms with E-state index in [9.17, 15) is 0 Å². The summed E-state index contributed by atoms with van der Waals surface area (Å²) in [6.07, 6.45) is 4.37. The summed E-state index contributed by atoms with van der Waals surface area (Å²) in [7, 11) is 3.20. The molecule has 22 heavy (non-hydrogen) atoms. The molecule has 0 N–H and O–H groups in total. The molecule has 0 spiro atoms. The van der Waals surface area contributed by atoms with Crippen LogP contribution in [0.5, 0.6) is 11.5 Å². The second-order valence-corrected chi connectivity index (χ2v) is 4.40. The maximum atomic E-state index is 5.42. The Morgan fingerprint density at radius 3 is 2.36 bits per heavy atom. The van der Waals surface area contributed by atoms with E-state index in [0.717, 1.165) is 11.1 Å². The van der Waals surface area contributed by atoms with Crippen LogP contribution in [0, 0.1) is 6.20 Å². The number of benzene rings is 1. The fourth-order valence-corrected chi connectivity index (χ4v) is 2.11. The molecule has 0 unspecified atom stereocenters. The number of rotatable bonds is 4. The highest BCUT2D eigenvalue weighted by Gasteiger charge is 2.13. The SMILES string of the molecule is COc1cccc(-c2ccc(-c3[c]nncc3)nn2)c1OC. The predicted octanol–water partition coefficient (Wildman–Crippen LogP) is 2.42. The molecular formula is C16H13N4O2. The lowest BCUT2D eigenvalue weighted by atomic mass is 10.1. The zero-order valence-electron chi connectivity index (χ0n) is 12.1. The van der Waals surface area contributed by atoms with Crippen LogP contribution >= 0.6 is 0 Å². The third kappa shape index (κ3) is 2.58. The van der Waals surface area contributed by atoms with Crippen LogP contribution in [-0.4, -0.2) is 34.6 Å². The van der Waals surface area contributed by atoms with Gasteiger partial charge in [0.05, 0.1) is 31.8 Å². The van der Waals surface area contributed by atoms with Crippen LogP contribution in [0.3, 0.4) is 0 Å². The van der Waals surface area contributed by atoms with E-state index in [2.05, 4.69) is 26.6 Å². The quantitative estimate of drug-likeness (QED) is 0.735. The van der Waals surface area contributed by atoms with Gasteiger partial charge in [-0.2, -0.15) is 5.10 Å². The van der Waals surface area contributed by atoms with Gasteiger partial charge in [0, 0.05) is 11.1 Å². The Kier molecular flexibility index (Phi) is 3.91. The topological polar surface area (TPSA) is 70.0 Å². The molecule has 0 aliphatic carbocycles. The third-order valence-corrected chi connectivity index (χ3v) is 3.16. The van der Waals surface area contributed by atoms with E-state index < -0.39 is 0 Å². The minimum Gasteiger partial charge on any atom is -0.493 e. The summed E-state index contributed by atoms with van der Waals surface area (Å²) < 4.78 is 10.7. The highest BCUT2D eigenvalue weighted by molar-refractivity contribution is 5.71. The first-order valence-electron chi connectivity index (χ1n) is 6.58. The van der Waals surface area contributed by atoms with Gasteiger partial charge in [0.15, 0.2) is 11.5 Å². The van der Waals surface area contributed by atoms with Crippen molar-refractivity contribution >= 4 is 0 Å². The zero-order valence-corrected chi connectivity index (χ0v) is 12.1. The Bertz CT molecular complexity index is 761. The second kappa shape index (κ2) is 6.17. The van der Waals surface area contributed by atoms with Gasteiger partial charge in [-0.15, -0.1) is 15.3 Å². The second-order valence-electron chi connectivity index (χ2n) is 4.40. The molecule has 0 saturated carbocycles. The molecule has 0 atom stereocenters. The van der Waals surface area contributed by atoms with Crippen LogP contribution in [0.15, 0.2) is 42.6 Å². The summed E-state index contributed by atoms with van der Waals surface area (Å²) in [6, 6.07) is 11.1. The molecule has 2 heterocycles. The number of nitrogens with zero attached hydrogens (tertiary/aromatic N) is 4. The summed E-state index contributed by atoms with van der Waals surface area (Å²) in [5.41, 5.74) is 2.94. The lowest BCUT2D eigenvalue weighted by Crippen LogP contribution is -1.96. The van der Waals surface area contributed by atoms with Crippen molar-refractivity contribution in [2.45, 2.75) is 0 Å². The van der Waals surface area contributed by atoms with E-state index in [1.54, 1.807) is 26.5 Å². The summed E-state index contributed by atoms with van der Waals surface area (Å²) >= 11 is 0. The van der Waals surface area contributed by atoms with E-state index in [1.165, 1.54) is 0 Å². The first-order chi connectivity index (χ1) is 10.8. The summed E-state index contributed by atoms with van der Waals surface area (Å²) in [5, 5.41) is 15.9. The predicted molar refractivity (Wildman–Crippen MR) is 80.4 cm³/mol. The van der Waals surface area contributed by atoms with E-state index in [0.29, 0.717) is 22.9 Å². The van der Waals surface area contributed by atoms with Crippen LogP contribution in [-0.2, 0) is 0 Å². The third-order valence-electron chi connectivity index (χ3n) is 3.16. The monoisotopic (exact) mass is 293 g/mol. The van der Waals surface area contributed by atoms with E-state index in [-0.39, 0.29) is 0 Å². The Balaban J connectivity index is 2.00. The molecule has 1 radical (unpaired) electrons. The van der Waals surface area contributed by atoms with Gasteiger partial charge in [-0.1, -0.05) is 6.07 Å². The number of hydrogen-bond donors (Lipinski definition) is 0. The van der Waals surface area contributed by atoms with E-state index in [1.807, 2.05) is 30.3 Å². The normalized spacial score (nSPS) is 10.3. The zero-order chi connectivity index (χ0) is 15.4. The molecule has 3 aromatic rings. The molecule has 3 rings (SSSR count). The van der Waals surface area contributed by atoms with Crippen molar-refractivity contribution in [3.05, 3.63) is 48.8 Å². The van der Waals surface area contributed by atoms with Crippen LogP contribution in [0.2, 0.25) is 0 Å². The number of ether oxygens (including phenoxy) is 2. The fraction of sp³-hybridized carbons (Fsp3) is 0.125. The first-order valence-corrected chi connectivity index (χ1v) is 6.58. The van der Waals surface area contributed by atoms with Crippen LogP contribution in [0.1, 0.15) is 0 Å². The van der Waals surface area contributed by atoms with Crippen LogP contribution in [0.4, 0.5) is 0 Å². The lowest BCUT2D eigenvalue weighted by molar-refractivity contribution is 0.356. The summed E-state index contributed by atoms with van der Waals surface area (Å²) in [4.78, 5) is 0. The molecule has 0 amide bonds. The molecule has 0 fully saturated rings. The Labute approximate surface area is 127 Å². The highest BCUT2D eigenvalue weighted by atomic mass is 16.5. The minimum absolute atomic E-state index is 0.629. The summed E-state index contributed by atoms with van der Waals surface area (Å²) in [6.45, 7) is 0. The van der Waals surface area contributed by atoms with Gasteiger partial charge < -0.3 is 9.47 Å². The molecule has 0 bridgehead atoms. The van der Waals surface area contributed by atoms with Crippen molar-refractivity contribution in [1.29, 1.82) is 0 Å². The van der Waals surface area contributed by atoms with E-state index in [4.69, 9.17) is 9.47 Å². The molecule has 2 aromatic heterocycles. The van der Waals surface area contributed by atoms with Gasteiger partial charge in [0.25, 0.3) is 0 Å². The average Bonchev–Trinajstić information content (AvgIpc) is 2.62. The van der Waals surface area contributed by atoms with Gasteiger partial charge >= 0.3 is 0 Å².